The van der Waals surface area contributed by atoms with E-state index in [9.17, 15) is 14.4 Å². The van der Waals surface area contributed by atoms with Gasteiger partial charge in [-0.3, -0.25) is 4.79 Å². The van der Waals surface area contributed by atoms with Crippen LogP contribution in [0.2, 0.25) is 5.02 Å². The van der Waals surface area contributed by atoms with Crippen molar-refractivity contribution in [3.63, 3.8) is 0 Å². The van der Waals surface area contributed by atoms with Crippen LogP contribution < -0.4 is 11.3 Å². The number of rotatable bonds is 11. The van der Waals surface area contributed by atoms with Crippen LogP contribution in [-0.4, -0.2) is 42.1 Å². The van der Waals surface area contributed by atoms with Gasteiger partial charge in [0.15, 0.2) is 16.9 Å². The van der Waals surface area contributed by atoms with Crippen molar-refractivity contribution in [3.8, 4) is 0 Å². The third-order valence-electron chi connectivity index (χ3n) is 5.28. The van der Waals surface area contributed by atoms with Crippen molar-refractivity contribution in [1.29, 1.82) is 0 Å². The van der Waals surface area contributed by atoms with Crippen molar-refractivity contribution < 1.29 is 13.6 Å². The molecule has 0 aliphatic rings. The average Bonchev–Trinajstić information content (AvgIpc) is 2.78. The number of thioether (sulfide) groups is 1. The molecule has 0 N–H and O–H groups in total. The first-order valence-corrected chi connectivity index (χ1v) is 12.6. The van der Waals surface area contributed by atoms with Crippen molar-refractivity contribution in [2.75, 3.05) is 26.4 Å². The molecule has 34 heavy (non-hydrogen) atoms. The Hall–Kier alpha value is -2.42. The zero-order valence-corrected chi connectivity index (χ0v) is 21.4. The highest BCUT2D eigenvalue weighted by Gasteiger charge is 2.27. The molecule has 0 bridgehead atoms. The molecule has 0 atom stereocenters. The summed E-state index contributed by atoms with van der Waals surface area (Å²) in [6.45, 7) is 4.85. The summed E-state index contributed by atoms with van der Waals surface area (Å²) in [6, 6.07) is 6.43. The zero-order chi connectivity index (χ0) is 24.8. The van der Waals surface area contributed by atoms with Crippen LogP contribution in [-0.2, 0) is 0 Å². The van der Waals surface area contributed by atoms with Gasteiger partial charge in [-0.25, -0.2) is 14.6 Å². The number of hydrogen-bond acceptors (Lipinski definition) is 8. The van der Waals surface area contributed by atoms with Gasteiger partial charge in [0.25, 0.3) is 0 Å². The number of hydrogen-bond donors (Lipinski definition) is 0. The van der Waals surface area contributed by atoms with Crippen LogP contribution in [0.4, 0.5) is 0 Å². The predicted octanol–water partition coefficient (Wildman–Crippen LogP) is 5.36. The number of halogens is 1. The Morgan fingerprint density at radius 2 is 1.62 bits per heavy atom. The molecule has 2 aromatic heterocycles. The van der Waals surface area contributed by atoms with Crippen molar-refractivity contribution in [1.82, 2.24) is 9.88 Å². The molecule has 3 rings (SSSR count). The van der Waals surface area contributed by atoms with Crippen molar-refractivity contribution in [3.05, 3.63) is 66.9 Å². The monoisotopic (exact) mass is 504 g/mol. The molecule has 1 aromatic carbocycles. The van der Waals surface area contributed by atoms with E-state index in [1.807, 2.05) is 13.8 Å². The van der Waals surface area contributed by atoms with E-state index in [0.717, 1.165) is 38.0 Å². The summed E-state index contributed by atoms with van der Waals surface area (Å²) in [5.41, 5.74) is -1.34. The molecule has 0 radical (unpaired) electrons. The smallest absolute Gasteiger partial charge is 0.413 e. The number of ketones is 1. The number of carbonyl (C=O) groups excluding carboxylic acids is 1. The molecule has 0 aliphatic heterocycles. The minimum absolute atomic E-state index is 0.0324. The lowest BCUT2D eigenvalue weighted by Crippen LogP contribution is -2.23. The van der Waals surface area contributed by atoms with Gasteiger partial charge in [0, 0.05) is 10.6 Å². The van der Waals surface area contributed by atoms with Gasteiger partial charge in [0.1, 0.15) is 10.6 Å². The molecule has 3 aromatic rings. The first-order valence-electron chi connectivity index (χ1n) is 11.3. The summed E-state index contributed by atoms with van der Waals surface area (Å²) in [5.74, 6) is 0.248. The van der Waals surface area contributed by atoms with Crippen molar-refractivity contribution in [2.24, 2.45) is 0 Å². The molecule has 9 heteroatoms. The van der Waals surface area contributed by atoms with Crippen LogP contribution in [0.5, 0.6) is 0 Å². The summed E-state index contributed by atoms with van der Waals surface area (Å²) in [4.78, 5) is 44.4. The van der Waals surface area contributed by atoms with Gasteiger partial charge >= 0.3 is 11.3 Å². The standard InChI is InChI=1S/C25H29ClN2O5S/c1-15(2)19-22-21(32-24(30)25(31)33-22)18(20(29)16-9-11-17(26)12-10-16)23(27-19)34-14-8-6-5-7-13-28(3)4/h9-12,15H,5-8,13-14H2,1-4H3. The maximum atomic E-state index is 13.5. The number of carbonyl (C=O) groups is 1. The van der Waals surface area contributed by atoms with E-state index in [0.29, 0.717) is 21.3 Å². The summed E-state index contributed by atoms with van der Waals surface area (Å²) in [5, 5.41) is 0.956. The Morgan fingerprint density at radius 1 is 1.00 bits per heavy atom. The van der Waals surface area contributed by atoms with E-state index in [-0.39, 0.29) is 28.4 Å². The summed E-state index contributed by atoms with van der Waals surface area (Å²) in [7, 11) is 4.13. The predicted molar refractivity (Wildman–Crippen MR) is 136 cm³/mol. The first kappa shape index (κ1) is 26.2. The Morgan fingerprint density at radius 3 is 2.24 bits per heavy atom. The minimum Gasteiger partial charge on any atom is -0.413 e. The highest BCUT2D eigenvalue weighted by atomic mass is 35.5. The van der Waals surface area contributed by atoms with Gasteiger partial charge in [-0.15, -0.1) is 11.8 Å². The molecular weight excluding hydrogens is 476 g/mol. The van der Waals surface area contributed by atoms with E-state index in [2.05, 4.69) is 19.0 Å². The number of fused-ring (bicyclic) bond motifs is 1. The van der Waals surface area contributed by atoms with E-state index in [1.54, 1.807) is 24.3 Å². The summed E-state index contributed by atoms with van der Waals surface area (Å²) >= 11 is 7.42. The lowest BCUT2D eigenvalue weighted by atomic mass is 10.0. The molecule has 0 spiro atoms. The Labute approximate surface area is 207 Å². The highest BCUT2D eigenvalue weighted by Crippen LogP contribution is 2.34. The normalized spacial score (nSPS) is 11.6. The van der Waals surface area contributed by atoms with E-state index >= 15 is 0 Å². The minimum atomic E-state index is -1.16. The van der Waals surface area contributed by atoms with Crippen LogP contribution in [0, 0.1) is 0 Å². The maximum Gasteiger partial charge on any atom is 0.423 e. The molecule has 0 unspecified atom stereocenters. The molecule has 0 saturated heterocycles. The number of nitrogens with zero attached hydrogens (tertiary/aromatic N) is 2. The van der Waals surface area contributed by atoms with Crippen LogP contribution >= 0.6 is 23.4 Å². The number of pyridine rings is 1. The van der Waals surface area contributed by atoms with E-state index in [1.165, 1.54) is 11.8 Å². The second-order valence-electron chi connectivity index (χ2n) is 8.67. The van der Waals surface area contributed by atoms with Crippen molar-refractivity contribution in [2.45, 2.75) is 50.5 Å². The van der Waals surface area contributed by atoms with Gasteiger partial charge in [0.2, 0.25) is 0 Å². The van der Waals surface area contributed by atoms with Gasteiger partial charge in [-0.1, -0.05) is 38.3 Å². The third kappa shape index (κ3) is 6.37. The lowest BCUT2D eigenvalue weighted by Gasteiger charge is -2.14. The van der Waals surface area contributed by atoms with Gasteiger partial charge in [-0.2, -0.15) is 0 Å². The molecule has 0 saturated carbocycles. The topological polar surface area (TPSA) is 93.6 Å². The van der Waals surface area contributed by atoms with Gasteiger partial charge in [0.05, 0.1) is 5.69 Å². The number of unbranched alkanes of at least 4 members (excludes halogenated alkanes) is 3. The quantitative estimate of drug-likeness (QED) is 0.149. The average molecular weight is 505 g/mol. The fourth-order valence-corrected chi connectivity index (χ4v) is 4.66. The van der Waals surface area contributed by atoms with E-state index < -0.39 is 11.3 Å². The molecular formula is C25H29ClN2O5S. The van der Waals surface area contributed by atoms with E-state index in [4.69, 9.17) is 25.4 Å². The molecule has 7 nitrogen and oxygen atoms in total. The number of aromatic nitrogens is 1. The fourth-order valence-electron chi connectivity index (χ4n) is 3.50. The zero-order valence-electron chi connectivity index (χ0n) is 19.9. The molecule has 0 aliphatic carbocycles. The second-order valence-corrected chi connectivity index (χ2v) is 10.2. The summed E-state index contributed by atoms with van der Waals surface area (Å²) < 4.78 is 10.6. The molecule has 0 fully saturated rings. The highest BCUT2D eigenvalue weighted by molar-refractivity contribution is 7.99. The lowest BCUT2D eigenvalue weighted by molar-refractivity contribution is 0.103. The SMILES string of the molecule is CC(C)c1nc(SCCCCCCN(C)C)c(C(=O)c2ccc(Cl)cc2)c2oc(=O)c(=O)oc12. The Balaban J connectivity index is 2.01. The maximum absolute atomic E-state index is 13.5. The van der Waals surface area contributed by atoms with Crippen LogP contribution in [0.3, 0.4) is 0 Å². The summed E-state index contributed by atoms with van der Waals surface area (Å²) in [6.07, 6.45) is 4.28. The van der Waals surface area contributed by atoms with Crippen LogP contribution in [0.15, 0.2) is 47.7 Å². The fraction of sp³-hybridized carbons (Fsp3) is 0.440. The largest absolute Gasteiger partial charge is 0.423 e. The van der Waals surface area contributed by atoms with Crippen LogP contribution in [0.1, 0.15) is 67.1 Å². The second kappa shape index (κ2) is 11.8. The first-order chi connectivity index (χ1) is 16.2. The number of benzene rings is 1. The Kier molecular flexibility index (Phi) is 9.10. The van der Waals surface area contributed by atoms with Gasteiger partial charge in [-0.05, 0) is 69.4 Å². The molecule has 182 valence electrons. The van der Waals surface area contributed by atoms with Crippen molar-refractivity contribution >= 4 is 40.3 Å². The third-order valence-corrected chi connectivity index (χ3v) is 6.59. The van der Waals surface area contributed by atoms with Crippen LogP contribution in [0.25, 0.3) is 11.2 Å². The Bertz CT molecular complexity index is 1270. The molecule has 2 heterocycles. The molecule has 0 amide bonds. The van der Waals surface area contributed by atoms with Gasteiger partial charge < -0.3 is 13.7 Å².